The van der Waals surface area contributed by atoms with Crippen LogP contribution in [0.5, 0.6) is 0 Å². The van der Waals surface area contributed by atoms with Crippen LogP contribution in [0.4, 0.5) is 0 Å². The lowest BCUT2D eigenvalue weighted by Crippen LogP contribution is -1.86. The Balaban J connectivity index is 2.82. The zero-order chi connectivity index (χ0) is 8.97. The molecule has 1 aromatic rings. The summed E-state index contributed by atoms with van der Waals surface area (Å²) < 4.78 is 0. The van der Waals surface area contributed by atoms with E-state index in [4.69, 9.17) is 0 Å². The molecule has 1 aromatic carbocycles. The summed E-state index contributed by atoms with van der Waals surface area (Å²) in [7, 11) is 0. The van der Waals surface area contributed by atoms with Crippen molar-refractivity contribution in [2.45, 2.75) is 28.9 Å². The highest BCUT2D eigenvalue weighted by atomic mass is 32.2. The average Bonchev–Trinajstić information content (AvgIpc) is 2.04. The van der Waals surface area contributed by atoms with E-state index in [1.165, 1.54) is 9.79 Å². The van der Waals surface area contributed by atoms with Crippen molar-refractivity contribution < 1.29 is 0 Å². The quantitative estimate of drug-likeness (QED) is 0.675. The van der Waals surface area contributed by atoms with Crippen LogP contribution in [-0.2, 0) is 0 Å². The Labute approximate surface area is 83.1 Å². The number of benzene rings is 1. The van der Waals surface area contributed by atoms with Crippen LogP contribution in [0.25, 0.3) is 0 Å². The van der Waals surface area contributed by atoms with Crippen molar-refractivity contribution in [3.05, 3.63) is 24.3 Å². The molecule has 0 unspecified atom stereocenters. The minimum absolute atomic E-state index is 0.665. The van der Waals surface area contributed by atoms with Gasteiger partial charge in [-0.05, 0) is 18.4 Å². The molecule has 0 amide bonds. The molecule has 1 rings (SSSR count). The van der Waals surface area contributed by atoms with Crippen molar-refractivity contribution >= 4 is 23.5 Å². The first kappa shape index (κ1) is 10.0. The Kier molecular flexibility index (Phi) is 4.02. The van der Waals surface area contributed by atoms with E-state index in [0.29, 0.717) is 5.25 Å². The van der Waals surface area contributed by atoms with E-state index in [1.54, 1.807) is 0 Å². The molecule has 66 valence electrons. The Morgan fingerprint density at radius 1 is 1.08 bits per heavy atom. The molecule has 2 heteroatoms. The van der Waals surface area contributed by atoms with E-state index in [9.17, 15) is 0 Å². The van der Waals surface area contributed by atoms with Gasteiger partial charge >= 0.3 is 0 Å². The van der Waals surface area contributed by atoms with Crippen LogP contribution in [0.1, 0.15) is 13.8 Å². The maximum absolute atomic E-state index is 2.22. The van der Waals surface area contributed by atoms with E-state index in [0.717, 1.165) is 0 Å². The summed E-state index contributed by atoms with van der Waals surface area (Å²) in [5.74, 6) is 0. The van der Waals surface area contributed by atoms with Crippen molar-refractivity contribution in [1.82, 2.24) is 0 Å². The van der Waals surface area contributed by atoms with Gasteiger partial charge in [-0.1, -0.05) is 26.0 Å². The van der Waals surface area contributed by atoms with E-state index in [1.807, 2.05) is 23.5 Å². The summed E-state index contributed by atoms with van der Waals surface area (Å²) in [5, 5.41) is 0.665. The fourth-order valence-corrected chi connectivity index (χ4v) is 2.70. The summed E-state index contributed by atoms with van der Waals surface area (Å²) in [4.78, 5) is 2.79. The van der Waals surface area contributed by atoms with Crippen molar-refractivity contribution in [2.75, 3.05) is 6.26 Å². The van der Waals surface area contributed by atoms with Crippen LogP contribution >= 0.6 is 23.5 Å². The van der Waals surface area contributed by atoms with Gasteiger partial charge in [0.2, 0.25) is 0 Å². The van der Waals surface area contributed by atoms with Crippen LogP contribution in [0.15, 0.2) is 34.1 Å². The van der Waals surface area contributed by atoms with Gasteiger partial charge in [0, 0.05) is 15.0 Å². The molecular formula is C10H14S2. The van der Waals surface area contributed by atoms with Crippen molar-refractivity contribution in [3.8, 4) is 0 Å². The third-order valence-corrected chi connectivity index (χ3v) is 3.44. The molecule has 0 bridgehead atoms. The Hall–Kier alpha value is -0.0800. The van der Waals surface area contributed by atoms with E-state index in [-0.39, 0.29) is 0 Å². The third-order valence-electron chi connectivity index (χ3n) is 1.43. The molecule has 0 saturated heterocycles. The van der Waals surface area contributed by atoms with Gasteiger partial charge in [-0.25, -0.2) is 0 Å². The van der Waals surface area contributed by atoms with Gasteiger partial charge in [-0.15, -0.1) is 23.5 Å². The molecule has 0 aliphatic rings. The van der Waals surface area contributed by atoms with E-state index >= 15 is 0 Å². The maximum Gasteiger partial charge on any atom is 0.0210 e. The Morgan fingerprint density at radius 3 is 2.17 bits per heavy atom. The van der Waals surface area contributed by atoms with Crippen molar-refractivity contribution in [3.63, 3.8) is 0 Å². The zero-order valence-electron chi connectivity index (χ0n) is 7.70. The molecule has 0 aliphatic heterocycles. The summed E-state index contributed by atoms with van der Waals surface area (Å²) >= 11 is 3.75. The first-order chi connectivity index (χ1) is 5.74. The fourth-order valence-electron chi connectivity index (χ4n) is 0.970. The molecule has 0 fully saturated rings. The van der Waals surface area contributed by atoms with Crippen LogP contribution in [0.3, 0.4) is 0 Å². The van der Waals surface area contributed by atoms with Crippen molar-refractivity contribution in [2.24, 2.45) is 0 Å². The van der Waals surface area contributed by atoms with Gasteiger partial charge in [0.05, 0.1) is 0 Å². The average molecular weight is 198 g/mol. The molecule has 12 heavy (non-hydrogen) atoms. The van der Waals surface area contributed by atoms with Gasteiger partial charge in [0.25, 0.3) is 0 Å². The van der Waals surface area contributed by atoms with Crippen LogP contribution < -0.4 is 0 Å². The zero-order valence-corrected chi connectivity index (χ0v) is 9.34. The maximum atomic E-state index is 2.22. The number of thioether (sulfide) groups is 2. The molecule has 0 N–H and O–H groups in total. The minimum atomic E-state index is 0.665. The number of hydrogen-bond acceptors (Lipinski definition) is 2. The summed E-state index contributed by atoms with van der Waals surface area (Å²) in [6, 6.07) is 8.56. The molecule has 0 aliphatic carbocycles. The fraction of sp³-hybridized carbons (Fsp3) is 0.400. The predicted octanol–water partition coefficient (Wildman–Crippen LogP) is 3.91. The van der Waals surface area contributed by atoms with Gasteiger partial charge in [-0.2, -0.15) is 0 Å². The van der Waals surface area contributed by atoms with E-state index < -0.39 is 0 Å². The molecule has 0 spiro atoms. The summed E-state index contributed by atoms with van der Waals surface area (Å²) in [5.41, 5.74) is 0. The van der Waals surface area contributed by atoms with Gasteiger partial charge in [0.15, 0.2) is 0 Å². The van der Waals surface area contributed by atoms with Crippen LogP contribution in [0.2, 0.25) is 0 Å². The molecule has 0 aromatic heterocycles. The van der Waals surface area contributed by atoms with Crippen LogP contribution in [-0.4, -0.2) is 11.5 Å². The largest absolute Gasteiger partial charge is 0.128 e. The highest BCUT2D eigenvalue weighted by Crippen LogP contribution is 2.31. The lowest BCUT2D eigenvalue weighted by molar-refractivity contribution is 1.10. The molecular weight excluding hydrogens is 184 g/mol. The summed E-state index contributed by atoms with van der Waals surface area (Å²) in [6.45, 7) is 4.45. The molecule has 0 saturated carbocycles. The topological polar surface area (TPSA) is 0 Å². The standard InChI is InChI=1S/C10H14S2/c1-8(2)12-10-7-5-4-6-9(10)11-3/h4-8H,1-3H3. The van der Waals surface area contributed by atoms with Gasteiger partial charge in [0.1, 0.15) is 0 Å². The molecule has 0 radical (unpaired) electrons. The monoisotopic (exact) mass is 198 g/mol. The smallest absolute Gasteiger partial charge is 0.0210 e. The predicted molar refractivity (Wildman–Crippen MR) is 59.2 cm³/mol. The third kappa shape index (κ3) is 2.76. The normalized spacial score (nSPS) is 10.7. The van der Waals surface area contributed by atoms with E-state index in [2.05, 4.69) is 44.4 Å². The van der Waals surface area contributed by atoms with Gasteiger partial charge in [-0.3, -0.25) is 0 Å². The van der Waals surface area contributed by atoms with Gasteiger partial charge < -0.3 is 0 Å². The summed E-state index contributed by atoms with van der Waals surface area (Å²) in [6.07, 6.45) is 2.12. The second-order valence-corrected chi connectivity index (χ2v) is 5.28. The molecule has 0 nitrogen and oxygen atoms in total. The first-order valence-electron chi connectivity index (χ1n) is 4.03. The lowest BCUT2D eigenvalue weighted by atomic mass is 10.4. The highest BCUT2D eigenvalue weighted by molar-refractivity contribution is 8.02. The van der Waals surface area contributed by atoms with Crippen LogP contribution in [0, 0.1) is 0 Å². The van der Waals surface area contributed by atoms with Crippen molar-refractivity contribution in [1.29, 1.82) is 0 Å². The second kappa shape index (κ2) is 4.83. The lowest BCUT2D eigenvalue weighted by Gasteiger charge is -2.08. The Morgan fingerprint density at radius 2 is 1.67 bits per heavy atom. The molecule has 0 atom stereocenters. The second-order valence-electron chi connectivity index (χ2n) is 2.82. The Bertz CT molecular complexity index is 243. The number of hydrogen-bond donors (Lipinski definition) is 0. The minimum Gasteiger partial charge on any atom is -0.128 e. The molecule has 0 heterocycles. The SMILES string of the molecule is CSc1ccccc1SC(C)C. The first-order valence-corrected chi connectivity index (χ1v) is 6.14. The number of rotatable bonds is 3. The highest BCUT2D eigenvalue weighted by Gasteiger charge is 2.02.